The normalized spacial score (nSPS) is 53.5. The highest BCUT2D eigenvalue weighted by Gasteiger charge is 2.71. The van der Waals surface area contributed by atoms with Crippen LogP contribution in [0.25, 0.3) is 0 Å². The fourth-order valence-corrected chi connectivity index (χ4v) is 16.3. The first-order chi connectivity index (χ1) is 35.9. The minimum atomic E-state index is -2.21. The molecule has 77 heavy (non-hydrogen) atoms. The Morgan fingerprint density at radius 3 is 1.64 bits per heavy atom. The number of aliphatic hydroxyl groups excluding tert-OH is 12. The van der Waals surface area contributed by atoms with E-state index in [2.05, 4.69) is 40.7 Å². The number of allylic oxidation sites excluding steroid dienone is 1. The minimum Gasteiger partial charge on any atom is -0.479 e. The summed E-state index contributed by atoms with van der Waals surface area (Å²) < 4.78 is 48.1. The van der Waals surface area contributed by atoms with Crippen LogP contribution in [-0.4, -0.2) is 238 Å². The Balaban J connectivity index is 1.02. The summed E-state index contributed by atoms with van der Waals surface area (Å²) in [6.45, 7) is 12.4. The van der Waals surface area contributed by atoms with Gasteiger partial charge in [0.2, 0.25) is 0 Å². The maximum atomic E-state index is 14.2. The summed E-state index contributed by atoms with van der Waals surface area (Å²) >= 11 is 0. The Kier molecular flexibility index (Phi) is 16.5. The molecule has 4 saturated heterocycles. The van der Waals surface area contributed by atoms with Gasteiger partial charge in [-0.15, -0.1) is 0 Å². The van der Waals surface area contributed by atoms with E-state index in [0.29, 0.717) is 51.4 Å². The number of hydrogen-bond acceptors (Lipinski definition) is 23. The molecule has 14 N–H and O–H groups in total. The van der Waals surface area contributed by atoms with Crippen molar-refractivity contribution in [2.24, 2.45) is 44.8 Å². The summed E-state index contributed by atoms with van der Waals surface area (Å²) in [5, 5.41) is 153. The zero-order chi connectivity index (χ0) is 56.4. The average Bonchev–Trinajstić information content (AvgIpc) is 3.44. The Labute approximate surface area is 446 Å². The Morgan fingerprint density at radius 2 is 1.09 bits per heavy atom. The lowest BCUT2D eigenvalue weighted by Gasteiger charge is -2.71. The molecule has 0 amide bonds. The standard InChI is InChI=1S/C53H84O24/c1-48(2)13-10-21-22(57)16-52(7)28(53(21,69)20-48)9-8-27-50(5)14-12-29(49(3,4)26(50)11-15-51(27,52)6)73-47-41(76-45-37(65)34(62)31(59)24(18-55)71-45)38(66)39(42(77-47)43(67)68)74-46-40(35(63)32(60)25(19-56)72-46)75-44-36(64)33(61)30(58)23(17-54)70-44/h9,21,23-27,29-42,44-47,54-56,58-66,69H,8,10-20H2,1-7H3,(H,67,68). The number of ketones is 1. The first kappa shape index (κ1) is 59.7. The fraction of sp³-hybridized carbons (Fsp3) is 0.925. The van der Waals surface area contributed by atoms with Crippen molar-refractivity contribution in [3.05, 3.63) is 11.6 Å². The van der Waals surface area contributed by atoms with Crippen LogP contribution >= 0.6 is 0 Å². The molecule has 0 aromatic heterocycles. The molecule has 0 aromatic rings. The number of aliphatic hydroxyl groups is 13. The maximum absolute atomic E-state index is 14.2. The van der Waals surface area contributed by atoms with E-state index in [0.717, 1.165) is 12.0 Å². The van der Waals surface area contributed by atoms with Gasteiger partial charge in [-0.3, -0.25) is 4.79 Å². The highest BCUT2D eigenvalue weighted by molar-refractivity contribution is 5.86. The molecular formula is C53H84O24. The van der Waals surface area contributed by atoms with Gasteiger partial charge in [-0.05, 0) is 90.4 Å². The van der Waals surface area contributed by atoms with Gasteiger partial charge in [0.05, 0.1) is 37.4 Å². The molecule has 4 aliphatic heterocycles. The van der Waals surface area contributed by atoms with Crippen molar-refractivity contribution in [2.75, 3.05) is 19.8 Å². The van der Waals surface area contributed by atoms with Crippen molar-refractivity contribution in [3.63, 3.8) is 0 Å². The van der Waals surface area contributed by atoms with E-state index in [1.54, 1.807) is 0 Å². The summed E-state index contributed by atoms with van der Waals surface area (Å²) in [6, 6.07) is 0. The molecule has 0 bridgehead atoms. The highest BCUT2D eigenvalue weighted by Crippen LogP contribution is 2.75. The van der Waals surface area contributed by atoms with E-state index >= 15 is 0 Å². The van der Waals surface area contributed by atoms with Crippen LogP contribution < -0.4 is 0 Å². The molecule has 24 nitrogen and oxygen atoms in total. The van der Waals surface area contributed by atoms with Crippen molar-refractivity contribution >= 4 is 11.8 Å². The smallest absolute Gasteiger partial charge is 0.335 e. The first-order valence-electron chi connectivity index (χ1n) is 27.3. The van der Waals surface area contributed by atoms with Gasteiger partial charge in [0, 0.05) is 11.8 Å². The van der Waals surface area contributed by atoms with Crippen molar-refractivity contribution < 1.29 is 119 Å². The van der Waals surface area contributed by atoms with Crippen LogP contribution in [0.5, 0.6) is 0 Å². The number of fused-ring (bicyclic) bond motifs is 7. The Hall–Kier alpha value is -1.96. The summed E-state index contributed by atoms with van der Waals surface area (Å²) in [5.74, 6) is -2.05. The third-order valence-corrected chi connectivity index (χ3v) is 20.7. The van der Waals surface area contributed by atoms with Crippen LogP contribution in [0.1, 0.15) is 106 Å². The van der Waals surface area contributed by atoms with Gasteiger partial charge in [-0.1, -0.05) is 54.5 Å². The third-order valence-electron chi connectivity index (χ3n) is 20.7. The number of carbonyl (C=O) groups excluding carboxylic acids is 1. The van der Waals surface area contributed by atoms with Gasteiger partial charge in [0.15, 0.2) is 31.3 Å². The lowest BCUT2D eigenvalue weighted by atomic mass is 9.34. The molecule has 24 heteroatoms. The number of Topliss-reactive ketones (excluding diaryl/α,β-unsaturated/α-hetero) is 1. The topological polar surface area (TPSA) is 391 Å². The Bertz CT molecular complexity index is 2180. The minimum absolute atomic E-state index is 0.0517. The summed E-state index contributed by atoms with van der Waals surface area (Å²) in [7, 11) is 0. The molecule has 28 unspecified atom stereocenters. The first-order valence-corrected chi connectivity index (χ1v) is 27.3. The van der Waals surface area contributed by atoms with Crippen LogP contribution in [-0.2, 0) is 47.5 Å². The molecule has 0 aromatic carbocycles. The largest absolute Gasteiger partial charge is 0.479 e. The van der Waals surface area contributed by atoms with E-state index in [9.17, 15) is 81.1 Å². The third kappa shape index (κ3) is 9.70. The maximum Gasteiger partial charge on any atom is 0.335 e. The Morgan fingerprint density at radius 1 is 0.584 bits per heavy atom. The zero-order valence-electron chi connectivity index (χ0n) is 44.8. The van der Waals surface area contributed by atoms with Gasteiger partial charge < -0.3 is 109 Å². The number of aliphatic carboxylic acids is 1. The van der Waals surface area contributed by atoms with Crippen molar-refractivity contribution in [1.82, 2.24) is 0 Å². The summed E-state index contributed by atoms with van der Waals surface area (Å²) in [4.78, 5) is 27.6. The predicted octanol–water partition coefficient (Wildman–Crippen LogP) is -2.54. The van der Waals surface area contributed by atoms with Gasteiger partial charge in [-0.25, -0.2) is 4.79 Å². The van der Waals surface area contributed by atoms with Crippen molar-refractivity contribution in [3.8, 4) is 0 Å². The molecule has 4 heterocycles. The van der Waals surface area contributed by atoms with Gasteiger partial charge >= 0.3 is 5.97 Å². The lowest BCUT2D eigenvalue weighted by molar-refractivity contribution is -0.401. The molecule has 0 spiro atoms. The monoisotopic (exact) mass is 1100 g/mol. The van der Waals surface area contributed by atoms with Crippen molar-refractivity contribution in [2.45, 2.75) is 241 Å². The molecule has 8 fully saturated rings. The number of carboxylic acids is 1. The number of ether oxygens (including phenoxy) is 8. The zero-order valence-corrected chi connectivity index (χ0v) is 44.8. The number of hydrogen-bond donors (Lipinski definition) is 14. The lowest BCUT2D eigenvalue weighted by Crippen LogP contribution is -2.69. The quantitative estimate of drug-likeness (QED) is 0.0707. The second kappa shape index (κ2) is 21.3. The van der Waals surface area contributed by atoms with Crippen LogP contribution in [0.3, 0.4) is 0 Å². The highest BCUT2D eigenvalue weighted by atomic mass is 16.8. The molecule has 9 rings (SSSR count). The molecular weight excluding hydrogens is 1020 g/mol. The molecule has 4 saturated carbocycles. The van der Waals surface area contributed by atoms with Crippen LogP contribution in [0.15, 0.2) is 11.6 Å². The molecule has 0 radical (unpaired) electrons. The number of carboxylic acid groups (broad SMARTS) is 1. The van der Waals surface area contributed by atoms with E-state index in [1.165, 1.54) is 0 Å². The van der Waals surface area contributed by atoms with E-state index in [4.69, 9.17) is 37.9 Å². The summed E-state index contributed by atoms with van der Waals surface area (Å²) in [6.07, 6.45) is -31.8. The van der Waals surface area contributed by atoms with Crippen LogP contribution in [0.4, 0.5) is 0 Å². The van der Waals surface area contributed by atoms with Crippen LogP contribution in [0, 0.1) is 44.8 Å². The fourth-order valence-electron chi connectivity index (χ4n) is 16.3. The van der Waals surface area contributed by atoms with Crippen LogP contribution in [0.2, 0.25) is 0 Å². The molecule has 5 aliphatic carbocycles. The predicted molar refractivity (Wildman–Crippen MR) is 259 cm³/mol. The molecule has 9 aliphatic rings. The second-order valence-corrected chi connectivity index (χ2v) is 25.9. The average molecular weight is 1110 g/mol. The van der Waals surface area contributed by atoms with E-state index < -0.39 is 177 Å². The van der Waals surface area contributed by atoms with Crippen molar-refractivity contribution in [1.29, 1.82) is 0 Å². The van der Waals surface area contributed by atoms with Gasteiger partial charge in [0.25, 0.3) is 0 Å². The molecule has 440 valence electrons. The number of carbonyl (C=O) groups is 2. The van der Waals surface area contributed by atoms with Gasteiger partial charge in [0.1, 0.15) is 97.3 Å². The van der Waals surface area contributed by atoms with E-state index in [1.807, 2.05) is 13.8 Å². The second-order valence-electron chi connectivity index (χ2n) is 25.9. The summed E-state index contributed by atoms with van der Waals surface area (Å²) in [5.41, 5.74) is -2.48. The van der Waals surface area contributed by atoms with E-state index in [-0.39, 0.29) is 33.9 Å². The SMILES string of the molecule is CC1(C)CCC2C(=O)CC3(C)C(=CCC4C5(C)CCC(OC6OC(C(=O)O)C(OC7OC(CO)C(O)C(O)C7OC7OC(CO)C(O)C(O)C7O)C(O)C6OC6OC(CO)C(O)C(O)C6O)C(C)(C)C5CCC43C)C2(O)C1. The molecule has 28 atom stereocenters. The number of rotatable bonds is 12. The van der Waals surface area contributed by atoms with Gasteiger partial charge in [-0.2, -0.15) is 0 Å².